The molecule has 0 unspecified atom stereocenters. The standard InChI is InChI=1S/C25H34N4O/c1-17-5-6-28(13-17)14-21-15-29-22(3-2-4-23(29)27-21)24(30)26-16-25-10-18-7-19(11-25)9-20(8-18)12-25/h2-4,15,17-20H,5-14,16H2,1H3,(H,26,30)/t17-,18?,19?,20?,25?/m1/s1. The second-order valence-electron chi connectivity index (χ2n) is 11.1. The number of likely N-dealkylation sites (tertiary alicyclic amines) is 1. The fraction of sp³-hybridized carbons (Fsp3) is 0.680. The molecular formula is C25H34N4O. The number of carbonyl (C=O) groups is 1. The lowest BCUT2D eigenvalue weighted by Crippen LogP contribution is -2.51. The summed E-state index contributed by atoms with van der Waals surface area (Å²) in [5.41, 5.74) is 3.01. The maximum absolute atomic E-state index is 13.2. The molecular weight excluding hydrogens is 372 g/mol. The van der Waals surface area contributed by atoms with Gasteiger partial charge in [-0.25, -0.2) is 4.98 Å². The SMILES string of the molecule is C[C@@H]1CCN(Cc2cn3c(C(=O)NCC45CC6CC(CC(C6)C4)C5)cccc3n2)C1. The number of amides is 1. The largest absolute Gasteiger partial charge is 0.350 e. The Morgan fingerprint density at radius 3 is 2.57 bits per heavy atom. The van der Waals surface area contributed by atoms with Crippen LogP contribution in [0.15, 0.2) is 24.4 Å². The fourth-order valence-electron chi connectivity index (χ4n) is 7.59. The van der Waals surface area contributed by atoms with Crippen LogP contribution in [0.1, 0.15) is 68.1 Å². The number of carbonyl (C=O) groups excluding carboxylic acids is 1. The van der Waals surface area contributed by atoms with Gasteiger partial charge in [0.05, 0.1) is 5.69 Å². The van der Waals surface area contributed by atoms with Crippen LogP contribution in [0.25, 0.3) is 5.65 Å². The number of pyridine rings is 1. The number of aromatic nitrogens is 2. The fourth-order valence-corrected chi connectivity index (χ4v) is 7.59. The first kappa shape index (κ1) is 18.9. The van der Waals surface area contributed by atoms with Gasteiger partial charge in [-0.2, -0.15) is 0 Å². The molecule has 5 aliphatic rings. The molecule has 1 aliphatic heterocycles. The van der Waals surface area contributed by atoms with Gasteiger partial charge in [-0.1, -0.05) is 13.0 Å². The summed E-state index contributed by atoms with van der Waals surface area (Å²) in [6, 6.07) is 5.90. The number of imidazole rings is 1. The van der Waals surface area contributed by atoms with Crippen molar-refractivity contribution >= 4 is 11.6 Å². The Kier molecular flexibility index (Phi) is 4.45. The van der Waals surface area contributed by atoms with Gasteiger partial charge in [-0.05, 0) is 92.7 Å². The van der Waals surface area contributed by atoms with Gasteiger partial charge < -0.3 is 5.32 Å². The van der Waals surface area contributed by atoms with Gasteiger partial charge in [0.15, 0.2) is 0 Å². The molecule has 0 spiro atoms. The van der Waals surface area contributed by atoms with Gasteiger partial charge in [0.2, 0.25) is 0 Å². The molecule has 1 amide bonds. The zero-order valence-corrected chi connectivity index (χ0v) is 18.1. The van der Waals surface area contributed by atoms with Crippen LogP contribution < -0.4 is 5.32 Å². The molecule has 7 rings (SSSR count). The maximum atomic E-state index is 13.2. The molecule has 5 nitrogen and oxygen atoms in total. The minimum absolute atomic E-state index is 0.0510. The Balaban J connectivity index is 1.17. The number of nitrogens with zero attached hydrogens (tertiary/aromatic N) is 3. The Hall–Kier alpha value is -1.88. The smallest absolute Gasteiger partial charge is 0.268 e. The maximum Gasteiger partial charge on any atom is 0.268 e. The Morgan fingerprint density at radius 1 is 1.17 bits per heavy atom. The summed E-state index contributed by atoms with van der Waals surface area (Å²) >= 11 is 0. The van der Waals surface area contributed by atoms with E-state index in [1.54, 1.807) is 0 Å². The first-order valence-corrected chi connectivity index (χ1v) is 12.0. The van der Waals surface area contributed by atoms with Crippen molar-refractivity contribution in [2.45, 2.75) is 58.4 Å². The molecule has 3 heterocycles. The molecule has 2 aromatic rings. The number of hydrogen-bond acceptors (Lipinski definition) is 3. The number of nitrogens with one attached hydrogen (secondary N) is 1. The highest BCUT2D eigenvalue weighted by atomic mass is 16.1. The molecule has 4 saturated carbocycles. The number of hydrogen-bond donors (Lipinski definition) is 1. The molecule has 1 N–H and O–H groups in total. The summed E-state index contributed by atoms with van der Waals surface area (Å²) in [7, 11) is 0. The molecule has 0 radical (unpaired) electrons. The van der Waals surface area contributed by atoms with E-state index in [2.05, 4.69) is 23.3 Å². The Bertz CT molecular complexity index is 928. The first-order valence-electron chi connectivity index (χ1n) is 12.0. The van der Waals surface area contributed by atoms with Crippen molar-refractivity contribution in [3.63, 3.8) is 0 Å². The van der Waals surface area contributed by atoms with E-state index in [9.17, 15) is 4.79 Å². The summed E-state index contributed by atoms with van der Waals surface area (Å²) in [6.45, 7) is 6.33. The third-order valence-corrected chi connectivity index (χ3v) is 8.46. The van der Waals surface area contributed by atoms with E-state index >= 15 is 0 Å². The van der Waals surface area contributed by atoms with Crippen LogP contribution in [0.5, 0.6) is 0 Å². The summed E-state index contributed by atoms with van der Waals surface area (Å²) < 4.78 is 1.99. The van der Waals surface area contributed by atoms with Crippen molar-refractivity contribution in [3.05, 3.63) is 35.8 Å². The molecule has 5 fully saturated rings. The summed E-state index contributed by atoms with van der Waals surface area (Å²) in [5, 5.41) is 3.34. The highest BCUT2D eigenvalue weighted by Crippen LogP contribution is 2.59. The summed E-state index contributed by atoms with van der Waals surface area (Å²) in [6.07, 6.45) is 11.6. The van der Waals surface area contributed by atoms with Gasteiger partial charge in [0, 0.05) is 25.8 Å². The molecule has 4 bridgehead atoms. The van der Waals surface area contributed by atoms with Crippen LogP contribution >= 0.6 is 0 Å². The molecule has 1 saturated heterocycles. The van der Waals surface area contributed by atoms with Gasteiger partial charge in [0.25, 0.3) is 5.91 Å². The summed E-state index contributed by atoms with van der Waals surface area (Å²) in [5.74, 6) is 3.58. The van der Waals surface area contributed by atoms with Crippen molar-refractivity contribution in [2.75, 3.05) is 19.6 Å². The predicted octanol–water partition coefficient (Wildman–Crippen LogP) is 4.12. The highest BCUT2D eigenvalue weighted by Gasteiger charge is 2.50. The minimum Gasteiger partial charge on any atom is -0.350 e. The van der Waals surface area contributed by atoms with E-state index in [1.807, 2.05) is 22.6 Å². The van der Waals surface area contributed by atoms with Crippen LogP contribution in [0.2, 0.25) is 0 Å². The lowest BCUT2D eigenvalue weighted by Gasteiger charge is -2.56. The molecule has 30 heavy (non-hydrogen) atoms. The molecule has 4 aliphatic carbocycles. The van der Waals surface area contributed by atoms with Crippen LogP contribution in [0.3, 0.4) is 0 Å². The normalized spacial score (nSPS) is 35.4. The predicted molar refractivity (Wildman–Crippen MR) is 117 cm³/mol. The molecule has 160 valence electrons. The average molecular weight is 407 g/mol. The van der Waals surface area contributed by atoms with Crippen molar-refractivity contribution < 1.29 is 4.79 Å². The second-order valence-corrected chi connectivity index (χ2v) is 11.1. The van der Waals surface area contributed by atoms with Crippen molar-refractivity contribution in [2.24, 2.45) is 29.1 Å². The van der Waals surface area contributed by atoms with E-state index < -0.39 is 0 Å². The zero-order valence-electron chi connectivity index (χ0n) is 18.1. The van der Waals surface area contributed by atoms with E-state index in [1.165, 1.54) is 44.9 Å². The van der Waals surface area contributed by atoms with E-state index in [-0.39, 0.29) is 5.91 Å². The van der Waals surface area contributed by atoms with E-state index in [4.69, 9.17) is 4.98 Å². The first-order chi connectivity index (χ1) is 14.6. The summed E-state index contributed by atoms with van der Waals surface area (Å²) in [4.78, 5) is 20.5. The number of fused-ring (bicyclic) bond motifs is 1. The highest BCUT2D eigenvalue weighted by molar-refractivity contribution is 5.93. The van der Waals surface area contributed by atoms with Gasteiger partial charge >= 0.3 is 0 Å². The second kappa shape index (κ2) is 7.08. The molecule has 2 aromatic heterocycles. The molecule has 5 heteroatoms. The lowest BCUT2D eigenvalue weighted by molar-refractivity contribution is -0.0503. The van der Waals surface area contributed by atoms with Crippen molar-refractivity contribution in [1.29, 1.82) is 0 Å². The van der Waals surface area contributed by atoms with Gasteiger partial charge in [-0.3, -0.25) is 14.1 Å². The van der Waals surface area contributed by atoms with Crippen LogP contribution in [-0.2, 0) is 6.54 Å². The minimum atomic E-state index is 0.0510. The topological polar surface area (TPSA) is 49.6 Å². The average Bonchev–Trinajstić information content (AvgIpc) is 3.30. The number of rotatable bonds is 5. The quantitative estimate of drug-likeness (QED) is 0.813. The molecule has 1 atom stereocenters. The van der Waals surface area contributed by atoms with Gasteiger partial charge in [-0.15, -0.1) is 0 Å². The third kappa shape index (κ3) is 3.35. The van der Waals surface area contributed by atoms with Crippen LogP contribution in [0, 0.1) is 29.1 Å². The van der Waals surface area contributed by atoms with E-state index in [0.717, 1.165) is 61.2 Å². The van der Waals surface area contributed by atoms with Crippen LogP contribution in [-0.4, -0.2) is 39.8 Å². The zero-order chi connectivity index (χ0) is 20.3. The van der Waals surface area contributed by atoms with Crippen LogP contribution in [0.4, 0.5) is 0 Å². The van der Waals surface area contributed by atoms with Crippen molar-refractivity contribution in [3.8, 4) is 0 Å². The third-order valence-electron chi connectivity index (χ3n) is 8.46. The van der Waals surface area contributed by atoms with Crippen molar-refractivity contribution in [1.82, 2.24) is 19.6 Å². The van der Waals surface area contributed by atoms with Gasteiger partial charge in [0.1, 0.15) is 11.3 Å². The Labute approximate surface area is 179 Å². The lowest BCUT2D eigenvalue weighted by atomic mass is 9.49. The monoisotopic (exact) mass is 406 g/mol. The van der Waals surface area contributed by atoms with E-state index in [0.29, 0.717) is 11.1 Å². The Morgan fingerprint density at radius 2 is 1.90 bits per heavy atom. The molecule has 0 aromatic carbocycles.